The predicted molar refractivity (Wildman–Crippen MR) is 114 cm³/mol. The molecule has 4 rings (SSSR count). The molecule has 4 aromatic carbocycles. The van der Waals surface area contributed by atoms with Gasteiger partial charge < -0.3 is 10.6 Å². The Balaban J connectivity index is 1.65. The fourth-order valence-corrected chi connectivity index (χ4v) is 3.26. The van der Waals surface area contributed by atoms with Crippen LogP contribution in [0.3, 0.4) is 0 Å². The van der Waals surface area contributed by atoms with Gasteiger partial charge >= 0.3 is 0 Å². The second-order valence-electron chi connectivity index (χ2n) is 6.55. The molecule has 26 heavy (non-hydrogen) atoms. The number of hydrogen-bond donors (Lipinski definition) is 2. The lowest BCUT2D eigenvalue weighted by molar-refractivity contribution is 1.24. The first kappa shape index (κ1) is 16.2. The lowest BCUT2D eigenvalue weighted by Gasteiger charge is -2.16. The van der Waals surface area contributed by atoms with Gasteiger partial charge in [0, 0.05) is 33.5 Å². The Bertz CT molecular complexity index is 1010. The highest BCUT2D eigenvalue weighted by molar-refractivity contribution is 5.95. The molecule has 0 radical (unpaired) electrons. The third-order valence-corrected chi connectivity index (χ3v) is 4.79. The highest BCUT2D eigenvalue weighted by atomic mass is 15.0. The van der Waals surface area contributed by atoms with Crippen LogP contribution in [0.5, 0.6) is 0 Å². The predicted octanol–water partition coefficient (Wildman–Crippen LogP) is 6.77. The lowest BCUT2D eigenvalue weighted by atomic mass is 10.1. The Kier molecular flexibility index (Phi) is 4.32. The van der Waals surface area contributed by atoms with Crippen LogP contribution in [0, 0.1) is 0 Å². The first-order chi connectivity index (χ1) is 12.7. The number of nitrogens with one attached hydrogen (secondary N) is 2. The number of hydrogen-bond acceptors (Lipinski definition) is 2. The molecule has 0 saturated carbocycles. The van der Waals surface area contributed by atoms with E-state index in [4.69, 9.17) is 0 Å². The molecule has 0 atom stereocenters. The summed E-state index contributed by atoms with van der Waals surface area (Å²) >= 11 is 0. The van der Waals surface area contributed by atoms with E-state index in [1.807, 2.05) is 0 Å². The Hall–Kier alpha value is -3.26. The van der Waals surface area contributed by atoms with E-state index in [1.165, 1.54) is 21.5 Å². The van der Waals surface area contributed by atoms with Crippen LogP contribution in [0.2, 0.25) is 0 Å². The van der Waals surface area contributed by atoms with Gasteiger partial charge in [-0.3, -0.25) is 0 Å². The zero-order valence-corrected chi connectivity index (χ0v) is 15.1. The average molecular weight is 338 g/mol. The Morgan fingerprint density at radius 2 is 0.885 bits per heavy atom. The molecule has 2 heteroatoms. The number of rotatable bonds is 4. The third kappa shape index (κ3) is 3.14. The summed E-state index contributed by atoms with van der Waals surface area (Å²) < 4.78 is 0. The molecular formula is C24H22N2. The maximum atomic E-state index is 3.57. The van der Waals surface area contributed by atoms with Crippen LogP contribution >= 0.6 is 0 Å². The molecule has 0 unspecified atom stereocenters. The summed E-state index contributed by atoms with van der Waals surface area (Å²) in [7, 11) is 0. The van der Waals surface area contributed by atoms with Crippen LogP contribution in [-0.4, -0.2) is 0 Å². The molecular weight excluding hydrogens is 316 g/mol. The van der Waals surface area contributed by atoms with Crippen molar-refractivity contribution in [1.29, 1.82) is 0 Å². The van der Waals surface area contributed by atoms with Gasteiger partial charge in [-0.25, -0.2) is 0 Å². The molecule has 128 valence electrons. The molecule has 2 N–H and O–H groups in total. The highest BCUT2D eigenvalue weighted by Gasteiger charge is 2.05. The molecule has 4 aromatic rings. The van der Waals surface area contributed by atoms with Crippen molar-refractivity contribution in [1.82, 2.24) is 0 Å². The van der Waals surface area contributed by atoms with Gasteiger partial charge in [0.1, 0.15) is 0 Å². The van der Waals surface area contributed by atoms with Crippen LogP contribution in [-0.2, 0) is 0 Å². The summed E-state index contributed by atoms with van der Waals surface area (Å²) in [4.78, 5) is 0. The van der Waals surface area contributed by atoms with Gasteiger partial charge in [0.15, 0.2) is 0 Å². The van der Waals surface area contributed by atoms with Gasteiger partial charge in [0.25, 0.3) is 0 Å². The highest BCUT2D eigenvalue weighted by Crippen LogP contribution is 2.27. The second-order valence-corrected chi connectivity index (χ2v) is 6.55. The number of allylic oxidation sites excluding steroid dienone is 2. The van der Waals surface area contributed by atoms with Crippen LogP contribution in [0.4, 0.5) is 11.4 Å². The summed E-state index contributed by atoms with van der Waals surface area (Å²) in [6, 6.07) is 29.6. The Morgan fingerprint density at radius 1 is 0.500 bits per heavy atom. The zero-order valence-electron chi connectivity index (χ0n) is 15.1. The van der Waals surface area contributed by atoms with Crippen molar-refractivity contribution in [3.63, 3.8) is 0 Å². The van der Waals surface area contributed by atoms with Crippen LogP contribution < -0.4 is 10.6 Å². The minimum absolute atomic E-state index is 1.11. The first-order valence-corrected chi connectivity index (χ1v) is 8.89. The van der Waals surface area contributed by atoms with Crippen molar-refractivity contribution in [3.05, 3.63) is 96.3 Å². The number of fused-ring (bicyclic) bond motifs is 2. The van der Waals surface area contributed by atoms with Gasteiger partial charge in [0.2, 0.25) is 0 Å². The molecule has 2 nitrogen and oxygen atoms in total. The molecule has 0 heterocycles. The fourth-order valence-electron chi connectivity index (χ4n) is 3.26. The summed E-state index contributed by atoms with van der Waals surface area (Å²) in [6.45, 7) is 4.21. The van der Waals surface area contributed by atoms with Gasteiger partial charge in [-0.05, 0) is 36.8 Å². The lowest BCUT2D eigenvalue weighted by Crippen LogP contribution is -2.06. The molecule has 0 aliphatic carbocycles. The van der Waals surface area contributed by atoms with E-state index >= 15 is 0 Å². The van der Waals surface area contributed by atoms with Crippen molar-refractivity contribution < 1.29 is 0 Å². The molecule has 0 spiro atoms. The third-order valence-electron chi connectivity index (χ3n) is 4.79. The minimum atomic E-state index is 1.11. The van der Waals surface area contributed by atoms with Crippen molar-refractivity contribution >= 4 is 32.9 Å². The molecule has 0 aliphatic heterocycles. The maximum absolute atomic E-state index is 3.57. The Morgan fingerprint density at radius 3 is 1.35 bits per heavy atom. The summed E-state index contributed by atoms with van der Waals surface area (Å²) in [5.74, 6) is 0. The van der Waals surface area contributed by atoms with Gasteiger partial charge in [0.05, 0.1) is 0 Å². The minimum Gasteiger partial charge on any atom is -0.357 e. The molecule has 0 aliphatic rings. The molecule has 0 fully saturated rings. The van der Waals surface area contributed by atoms with E-state index in [0.29, 0.717) is 0 Å². The second kappa shape index (κ2) is 6.93. The normalized spacial score (nSPS) is 12.1. The standard InChI is InChI=1S/C24H22N2/c1-17(25-23-15-7-11-19-9-3-5-13-21(19)23)18(2)26-24-16-8-12-20-10-4-6-14-22(20)24/h3-16,25-26H,1-2H3/b18-17+. The SMILES string of the molecule is C/C(Nc1cccc2ccccc12)=C(/C)Nc1cccc2ccccc12. The van der Waals surface area contributed by atoms with E-state index in [1.54, 1.807) is 0 Å². The van der Waals surface area contributed by atoms with Gasteiger partial charge in [-0.1, -0.05) is 72.8 Å². The summed E-state index contributed by atoms with van der Waals surface area (Å²) in [5, 5.41) is 12.1. The van der Waals surface area contributed by atoms with Gasteiger partial charge in [-0.15, -0.1) is 0 Å². The Labute approximate surface area is 154 Å². The average Bonchev–Trinajstić information content (AvgIpc) is 2.68. The monoisotopic (exact) mass is 338 g/mol. The number of benzene rings is 4. The van der Waals surface area contributed by atoms with E-state index in [9.17, 15) is 0 Å². The van der Waals surface area contributed by atoms with Crippen LogP contribution in [0.1, 0.15) is 13.8 Å². The summed E-state index contributed by atoms with van der Waals surface area (Å²) in [6.07, 6.45) is 0. The molecule has 0 saturated heterocycles. The van der Waals surface area contributed by atoms with E-state index in [0.717, 1.165) is 22.8 Å². The summed E-state index contributed by atoms with van der Waals surface area (Å²) in [5.41, 5.74) is 4.46. The molecule has 0 aromatic heterocycles. The van der Waals surface area contributed by atoms with Crippen LogP contribution in [0.25, 0.3) is 21.5 Å². The largest absolute Gasteiger partial charge is 0.357 e. The van der Waals surface area contributed by atoms with E-state index in [-0.39, 0.29) is 0 Å². The van der Waals surface area contributed by atoms with E-state index in [2.05, 4.69) is 109 Å². The van der Waals surface area contributed by atoms with Crippen molar-refractivity contribution in [3.8, 4) is 0 Å². The van der Waals surface area contributed by atoms with E-state index < -0.39 is 0 Å². The quantitative estimate of drug-likeness (QED) is 0.429. The van der Waals surface area contributed by atoms with Crippen molar-refractivity contribution in [2.45, 2.75) is 13.8 Å². The molecule has 0 bridgehead atoms. The fraction of sp³-hybridized carbons (Fsp3) is 0.0833. The maximum Gasteiger partial charge on any atom is 0.0461 e. The number of anilines is 2. The topological polar surface area (TPSA) is 24.1 Å². The first-order valence-electron chi connectivity index (χ1n) is 8.89. The smallest absolute Gasteiger partial charge is 0.0461 e. The van der Waals surface area contributed by atoms with Crippen molar-refractivity contribution in [2.75, 3.05) is 10.6 Å². The van der Waals surface area contributed by atoms with Gasteiger partial charge in [-0.2, -0.15) is 0 Å². The van der Waals surface area contributed by atoms with Crippen molar-refractivity contribution in [2.24, 2.45) is 0 Å². The molecule has 0 amide bonds. The zero-order chi connectivity index (χ0) is 17.9. The van der Waals surface area contributed by atoms with Crippen LogP contribution in [0.15, 0.2) is 96.3 Å².